The number of esters is 1. The van der Waals surface area contributed by atoms with Gasteiger partial charge in [0.25, 0.3) is 5.91 Å². The van der Waals surface area contributed by atoms with Gasteiger partial charge in [-0.15, -0.1) is 11.8 Å². The highest BCUT2D eigenvalue weighted by atomic mass is 32.2. The van der Waals surface area contributed by atoms with Gasteiger partial charge in [-0.1, -0.05) is 36.0 Å². The molecule has 4 rings (SSSR count). The van der Waals surface area contributed by atoms with Crippen LogP contribution in [0.4, 0.5) is 11.4 Å². The van der Waals surface area contributed by atoms with Gasteiger partial charge in [0.05, 0.1) is 11.4 Å². The number of carbonyl (C=O) groups excluding carboxylic acids is 3. The minimum absolute atomic E-state index is 0.106. The van der Waals surface area contributed by atoms with Crippen molar-refractivity contribution in [3.8, 4) is 0 Å². The van der Waals surface area contributed by atoms with Gasteiger partial charge in [0.1, 0.15) is 0 Å². The lowest BCUT2D eigenvalue weighted by atomic mass is 10.2. The van der Waals surface area contributed by atoms with Crippen molar-refractivity contribution in [3.63, 3.8) is 0 Å². The summed E-state index contributed by atoms with van der Waals surface area (Å²) < 4.78 is 5.55. The summed E-state index contributed by atoms with van der Waals surface area (Å²) in [7, 11) is 0. The zero-order valence-corrected chi connectivity index (χ0v) is 17.6. The van der Waals surface area contributed by atoms with Crippen LogP contribution >= 0.6 is 23.5 Å². The zero-order chi connectivity index (χ0) is 20.6. The predicted molar refractivity (Wildman–Crippen MR) is 114 cm³/mol. The fraction of sp³-hybridized carbons (Fsp3) is 0.286. The van der Waals surface area contributed by atoms with Crippen molar-refractivity contribution in [2.75, 3.05) is 16.5 Å². The Hall–Kier alpha value is -2.45. The number of nitrogens with zero attached hydrogens (tertiary/aromatic N) is 1. The Balaban J connectivity index is 1.50. The highest BCUT2D eigenvalue weighted by Crippen LogP contribution is 2.56. The average Bonchev–Trinajstić information content (AvgIpc) is 3.24. The molecule has 2 heterocycles. The van der Waals surface area contributed by atoms with Crippen LogP contribution in [-0.4, -0.2) is 35.0 Å². The van der Waals surface area contributed by atoms with Gasteiger partial charge in [-0.25, -0.2) is 4.79 Å². The number of thioether (sulfide) groups is 2. The molecule has 0 aliphatic carbocycles. The second kappa shape index (κ2) is 7.76. The molecule has 0 aromatic heterocycles. The summed E-state index contributed by atoms with van der Waals surface area (Å²) in [5.74, 6) is -1.08. The molecule has 2 atom stereocenters. The van der Waals surface area contributed by atoms with Crippen LogP contribution in [0, 0.1) is 0 Å². The normalized spacial score (nSPS) is 20.8. The number of hydrogen-bond donors (Lipinski definition) is 1. The Kier molecular flexibility index (Phi) is 5.31. The highest BCUT2D eigenvalue weighted by molar-refractivity contribution is 8.02. The largest absolute Gasteiger partial charge is 0.450 e. The van der Waals surface area contributed by atoms with Crippen LogP contribution in [0.15, 0.2) is 58.3 Å². The Morgan fingerprint density at radius 3 is 2.72 bits per heavy atom. The van der Waals surface area contributed by atoms with Gasteiger partial charge in [-0.3, -0.25) is 14.5 Å². The first-order chi connectivity index (χ1) is 14.0. The number of hydrogen-bond acceptors (Lipinski definition) is 6. The van der Waals surface area contributed by atoms with Crippen molar-refractivity contribution in [2.45, 2.75) is 40.5 Å². The number of rotatable bonds is 5. The molecule has 2 aliphatic heterocycles. The number of carbonyl (C=O) groups is 3. The molecule has 2 aliphatic rings. The summed E-state index contributed by atoms with van der Waals surface area (Å²) in [6.07, 6.45) is 1.56. The second-order valence-electron chi connectivity index (χ2n) is 6.82. The average molecular weight is 429 g/mol. The molecule has 29 heavy (non-hydrogen) atoms. The van der Waals surface area contributed by atoms with E-state index in [1.54, 1.807) is 13.0 Å². The van der Waals surface area contributed by atoms with Crippen LogP contribution in [0.2, 0.25) is 0 Å². The van der Waals surface area contributed by atoms with Gasteiger partial charge in [-0.05, 0) is 37.4 Å². The lowest BCUT2D eigenvalue weighted by Crippen LogP contribution is -2.49. The maximum atomic E-state index is 13.1. The molecule has 0 bridgehead atoms. The van der Waals surface area contributed by atoms with E-state index in [2.05, 4.69) is 5.32 Å². The molecule has 0 spiro atoms. The maximum Gasteiger partial charge on any atom is 0.344 e. The van der Waals surface area contributed by atoms with Gasteiger partial charge in [0.15, 0.2) is 11.0 Å². The summed E-state index contributed by atoms with van der Waals surface area (Å²) in [4.78, 5) is 40.4. The van der Waals surface area contributed by atoms with E-state index in [1.807, 2.05) is 48.7 Å². The van der Waals surface area contributed by atoms with E-state index in [0.717, 1.165) is 15.5 Å². The van der Waals surface area contributed by atoms with Crippen molar-refractivity contribution < 1.29 is 19.1 Å². The quantitative estimate of drug-likeness (QED) is 0.575. The van der Waals surface area contributed by atoms with Crippen molar-refractivity contribution in [3.05, 3.63) is 48.5 Å². The second-order valence-corrected chi connectivity index (χ2v) is 8.99. The Bertz CT molecular complexity index is 996. The Morgan fingerprint density at radius 2 is 1.93 bits per heavy atom. The van der Waals surface area contributed by atoms with Crippen molar-refractivity contribution in [1.29, 1.82) is 0 Å². The standard InChI is InChI=1S/C21H20N2O4S2/c1-13(19(25)22-14-7-3-5-9-16(14)28-2)27-20(26)21-12-11-18(24)23(21)15-8-4-6-10-17(15)29-21/h3-10,13H,11-12H2,1-2H3,(H,22,25)/t13-,21+/m0/s1. The molecule has 1 saturated heterocycles. The molecular formula is C21H20N2O4S2. The molecule has 2 amide bonds. The van der Waals surface area contributed by atoms with Gasteiger partial charge in [-0.2, -0.15) is 0 Å². The van der Waals surface area contributed by atoms with Crippen LogP contribution < -0.4 is 10.2 Å². The number of para-hydroxylation sites is 2. The monoisotopic (exact) mass is 428 g/mol. The molecule has 0 saturated carbocycles. The first-order valence-electron chi connectivity index (χ1n) is 9.22. The van der Waals surface area contributed by atoms with Crippen molar-refractivity contribution in [1.82, 2.24) is 0 Å². The number of benzene rings is 2. The minimum Gasteiger partial charge on any atom is -0.450 e. The molecule has 0 unspecified atom stereocenters. The van der Waals surface area contributed by atoms with Gasteiger partial charge < -0.3 is 10.1 Å². The predicted octanol–water partition coefficient (Wildman–Crippen LogP) is 3.91. The summed E-state index contributed by atoms with van der Waals surface area (Å²) in [6, 6.07) is 14.9. The Morgan fingerprint density at radius 1 is 1.21 bits per heavy atom. The van der Waals surface area contributed by atoms with Crippen molar-refractivity contribution >= 4 is 52.7 Å². The summed E-state index contributed by atoms with van der Waals surface area (Å²) in [6.45, 7) is 1.54. The molecule has 1 fully saturated rings. The lowest BCUT2D eigenvalue weighted by molar-refractivity contribution is -0.155. The van der Waals surface area contributed by atoms with E-state index >= 15 is 0 Å². The third kappa shape index (κ3) is 3.40. The Labute approximate surface area is 177 Å². The molecule has 1 N–H and O–H groups in total. The molecule has 6 nitrogen and oxygen atoms in total. The van der Waals surface area contributed by atoms with Crippen LogP contribution in [-0.2, 0) is 19.1 Å². The molecule has 2 aromatic carbocycles. The third-order valence-corrected chi connectivity index (χ3v) is 7.26. The maximum absolute atomic E-state index is 13.1. The van der Waals surface area contributed by atoms with Crippen LogP contribution in [0.25, 0.3) is 0 Å². The van der Waals surface area contributed by atoms with E-state index in [0.29, 0.717) is 12.1 Å². The molecule has 8 heteroatoms. The van der Waals surface area contributed by atoms with Crippen molar-refractivity contribution in [2.24, 2.45) is 0 Å². The fourth-order valence-electron chi connectivity index (χ4n) is 3.56. The van der Waals surface area contributed by atoms with Crippen LogP contribution in [0.5, 0.6) is 0 Å². The smallest absolute Gasteiger partial charge is 0.344 e. The molecule has 2 aromatic rings. The van der Waals surface area contributed by atoms with E-state index < -0.39 is 22.9 Å². The van der Waals surface area contributed by atoms with Gasteiger partial charge in [0.2, 0.25) is 5.91 Å². The van der Waals surface area contributed by atoms with Crippen LogP contribution in [0.3, 0.4) is 0 Å². The topological polar surface area (TPSA) is 75.7 Å². The zero-order valence-electron chi connectivity index (χ0n) is 16.0. The summed E-state index contributed by atoms with van der Waals surface area (Å²) in [5, 5.41) is 2.82. The van der Waals surface area contributed by atoms with E-state index in [9.17, 15) is 14.4 Å². The number of fused-ring (bicyclic) bond motifs is 3. The molecule has 150 valence electrons. The highest BCUT2D eigenvalue weighted by Gasteiger charge is 2.58. The third-order valence-electron chi connectivity index (χ3n) is 5.01. The summed E-state index contributed by atoms with van der Waals surface area (Å²) in [5.41, 5.74) is 1.40. The number of nitrogens with one attached hydrogen (secondary N) is 1. The fourth-order valence-corrected chi connectivity index (χ4v) is 5.52. The lowest BCUT2D eigenvalue weighted by Gasteiger charge is -2.29. The van der Waals surface area contributed by atoms with Gasteiger partial charge >= 0.3 is 5.97 Å². The number of amides is 2. The first kappa shape index (κ1) is 19.8. The summed E-state index contributed by atoms with van der Waals surface area (Å²) >= 11 is 2.84. The minimum atomic E-state index is -1.13. The van der Waals surface area contributed by atoms with Crippen LogP contribution in [0.1, 0.15) is 19.8 Å². The number of ether oxygens (including phenoxy) is 1. The number of anilines is 2. The SMILES string of the molecule is CSc1ccccc1NC(=O)[C@H](C)OC(=O)[C@]12CCC(=O)N1c1ccccc1S2. The van der Waals surface area contributed by atoms with E-state index in [1.165, 1.54) is 28.4 Å². The van der Waals surface area contributed by atoms with E-state index in [4.69, 9.17) is 4.74 Å². The van der Waals surface area contributed by atoms with Gasteiger partial charge in [0, 0.05) is 22.6 Å². The molecule has 0 radical (unpaired) electrons. The first-order valence-corrected chi connectivity index (χ1v) is 11.3. The van der Waals surface area contributed by atoms with E-state index in [-0.39, 0.29) is 12.3 Å². The molecular weight excluding hydrogens is 408 g/mol.